The fraction of sp³-hybridized carbons (Fsp3) is 0.435. The highest BCUT2D eigenvalue weighted by Crippen LogP contribution is 2.34. The van der Waals surface area contributed by atoms with Gasteiger partial charge in [0.15, 0.2) is 17.2 Å². The van der Waals surface area contributed by atoms with Gasteiger partial charge in [-0.05, 0) is 43.5 Å². The van der Waals surface area contributed by atoms with Crippen molar-refractivity contribution in [3.8, 4) is 11.5 Å². The van der Waals surface area contributed by atoms with Crippen molar-refractivity contribution in [1.82, 2.24) is 39.4 Å². The zero-order valence-electron chi connectivity index (χ0n) is 18.9. The van der Waals surface area contributed by atoms with E-state index in [0.29, 0.717) is 29.0 Å². The summed E-state index contributed by atoms with van der Waals surface area (Å²) in [5.41, 5.74) is 0.865. The van der Waals surface area contributed by atoms with Crippen LogP contribution in [0.2, 0.25) is 0 Å². The Hall–Kier alpha value is -3.54. The number of likely N-dealkylation sites (tertiary alicyclic amines) is 1. The topological polar surface area (TPSA) is 91.1 Å². The molecule has 2 aliphatic heterocycles. The van der Waals surface area contributed by atoms with Crippen molar-refractivity contribution in [2.75, 3.05) is 37.6 Å². The highest BCUT2D eigenvalue weighted by molar-refractivity contribution is 5.58. The first-order chi connectivity index (χ1) is 16.9. The van der Waals surface area contributed by atoms with Gasteiger partial charge in [0.1, 0.15) is 11.5 Å². The van der Waals surface area contributed by atoms with Gasteiger partial charge in [-0.2, -0.15) is 18.3 Å². The highest BCUT2D eigenvalue weighted by atomic mass is 19.4. The van der Waals surface area contributed by atoms with Crippen LogP contribution in [0, 0.1) is 5.92 Å². The molecule has 2 atom stereocenters. The van der Waals surface area contributed by atoms with E-state index in [1.54, 1.807) is 6.20 Å². The molecule has 0 saturated carbocycles. The molecule has 2 saturated heterocycles. The normalized spacial score (nSPS) is 21.4. The van der Waals surface area contributed by atoms with Crippen LogP contribution in [0.5, 0.6) is 0 Å². The standard InChI is InChI=1S/C23H24F3N9/c24-23(25,26)19-14-35-18(9-29-21(35)10-28-19)22-27-3-2-20(32-22)34-12-15(11-33-4-1-5-33)6-16(13-34)17-7-30-31-8-17/h2-3,7-10,14-16H,1,4-6,11-13H2,(H,30,31). The number of imidazole rings is 1. The van der Waals surface area contributed by atoms with Gasteiger partial charge >= 0.3 is 6.18 Å². The van der Waals surface area contributed by atoms with Crippen molar-refractivity contribution in [3.63, 3.8) is 0 Å². The molecule has 0 amide bonds. The molecule has 9 nitrogen and oxygen atoms in total. The van der Waals surface area contributed by atoms with Gasteiger partial charge in [0.05, 0.1) is 18.6 Å². The number of H-pyrrole nitrogens is 1. The van der Waals surface area contributed by atoms with Crippen LogP contribution in [0.15, 0.2) is 43.2 Å². The SMILES string of the molecule is FC(F)(F)c1cn2c(-c3nccc(N4CC(CN5CCC5)CC(c5cn[nH]c5)C4)n3)cnc2cn1. The van der Waals surface area contributed by atoms with Crippen LogP contribution in [0.3, 0.4) is 0 Å². The Morgan fingerprint density at radius 1 is 1.06 bits per heavy atom. The number of fused-ring (bicyclic) bond motifs is 1. The van der Waals surface area contributed by atoms with Gasteiger partial charge in [-0.15, -0.1) is 0 Å². The number of aromatic amines is 1. The molecule has 35 heavy (non-hydrogen) atoms. The van der Waals surface area contributed by atoms with Crippen LogP contribution in [0.1, 0.15) is 30.0 Å². The van der Waals surface area contributed by atoms with E-state index in [-0.39, 0.29) is 0 Å². The number of hydrogen-bond acceptors (Lipinski definition) is 7. The van der Waals surface area contributed by atoms with Crippen LogP contribution in [0.25, 0.3) is 17.2 Å². The molecule has 0 spiro atoms. The number of aromatic nitrogens is 7. The van der Waals surface area contributed by atoms with E-state index < -0.39 is 11.9 Å². The molecule has 182 valence electrons. The quantitative estimate of drug-likeness (QED) is 0.466. The van der Waals surface area contributed by atoms with Crippen LogP contribution < -0.4 is 4.90 Å². The van der Waals surface area contributed by atoms with Gasteiger partial charge in [0.2, 0.25) is 0 Å². The lowest BCUT2D eigenvalue weighted by Crippen LogP contribution is -2.47. The largest absolute Gasteiger partial charge is 0.434 e. The summed E-state index contributed by atoms with van der Waals surface area (Å²) in [7, 11) is 0. The number of halogens is 3. The molecular weight excluding hydrogens is 459 g/mol. The number of hydrogen-bond donors (Lipinski definition) is 1. The number of nitrogens with one attached hydrogen (secondary N) is 1. The first kappa shape index (κ1) is 22.0. The van der Waals surface area contributed by atoms with E-state index in [1.807, 2.05) is 18.5 Å². The first-order valence-electron chi connectivity index (χ1n) is 11.6. The minimum Gasteiger partial charge on any atom is -0.356 e. The summed E-state index contributed by atoms with van der Waals surface area (Å²) in [5.74, 6) is 1.85. The van der Waals surface area contributed by atoms with E-state index >= 15 is 0 Å². The highest BCUT2D eigenvalue weighted by Gasteiger charge is 2.34. The number of anilines is 1. The lowest BCUT2D eigenvalue weighted by molar-refractivity contribution is -0.141. The zero-order chi connectivity index (χ0) is 24.0. The summed E-state index contributed by atoms with van der Waals surface area (Å²) < 4.78 is 41.0. The summed E-state index contributed by atoms with van der Waals surface area (Å²) in [5, 5.41) is 7.06. The second-order valence-electron chi connectivity index (χ2n) is 9.27. The monoisotopic (exact) mass is 483 g/mol. The van der Waals surface area contributed by atoms with Crippen molar-refractivity contribution in [2.45, 2.75) is 24.9 Å². The average molecular weight is 484 g/mol. The van der Waals surface area contributed by atoms with Crippen LogP contribution in [0.4, 0.5) is 19.0 Å². The summed E-state index contributed by atoms with van der Waals surface area (Å²) in [6.07, 6.45) is 6.77. The molecule has 0 aromatic carbocycles. The van der Waals surface area contributed by atoms with Crippen LogP contribution in [-0.4, -0.2) is 72.2 Å². The minimum atomic E-state index is -4.56. The molecule has 4 aromatic heterocycles. The Labute approximate surface area is 199 Å². The summed E-state index contributed by atoms with van der Waals surface area (Å²) >= 11 is 0. The van der Waals surface area contributed by atoms with Crippen molar-refractivity contribution in [2.24, 2.45) is 5.92 Å². The van der Waals surface area contributed by atoms with Crippen LogP contribution >= 0.6 is 0 Å². The van der Waals surface area contributed by atoms with E-state index in [1.165, 1.54) is 22.6 Å². The van der Waals surface area contributed by atoms with Crippen molar-refractivity contribution in [1.29, 1.82) is 0 Å². The van der Waals surface area contributed by atoms with Gasteiger partial charge in [-0.25, -0.2) is 19.9 Å². The summed E-state index contributed by atoms with van der Waals surface area (Å²) in [4.78, 5) is 21.5. The van der Waals surface area contributed by atoms with Crippen LogP contribution in [-0.2, 0) is 6.18 Å². The van der Waals surface area contributed by atoms with Gasteiger partial charge < -0.3 is 9.80 Å². The summed E-state index contributed by atoms with van der Waals surface area (Å²) in [6.45, 7) is 4.98. The third kappa shape index (κ3) is 4.33. The lowest BCUT2D eigenvalue weighted by Gasteiger charge is -2.42. The molecular formula is C23H24F3N9. The van der Waals surface area contributed by atoms with Gasteiger partial charge in [0.25, 0.3) is 0 Å². The van der Waals surface area contributed by atoms with E-state index in [4.69, 9.17) is 4.98 Å². The smallest absolute Gasteiger partial charge is 0.356 e. The van der Waals surface area contributed by atoms with Crippen molar-refractivity contribution in [3.05, 3.63) is 54.5 Å². The number of rotatable bonds is 5. The fourth-order valence-corrected chi connectivity index (χ4v) is 5.03. The second kappa shape index (κ2) is 8.59. The number of alkyl halides is 3. The maximum atomic E-state index is 13.2. The van der Waals surface area contributed by atoms with E-state index in [9.17, 15) is 13.2 Å². The Balaban J connectivity index is 1.32. The van der Waals surface area contributed by atoms with Crippen molar-refractivity contribution < 1.29 is 13.2 Å². The van der Waals surface area contributed by atoms with Gasteiger partial charge in [-0.3, -0.25) is 9.50 Å². The third-order valence-corrected chi connectivity index (χ3v) is 6.87. The third-order valence-electron chi connectivity index (χ3n) is 6.87. The maximum Gasteiger partial charge on any atom is 0.434 e. The molecule has 6 heterocycles. The Morgan fingerprint density at radius 3 is 2.69 bits per heavy atom. The Morgan fingerprint density at radius 2 is 1.94 bits per heavy atom. The van der Waals surface area contributed by atoms with E-state index in [0.717, 1.165) is 57.4 Å². The first-order valence-corrected chi connectivity index (χ1v) is 11.6. The number of nitrogens with zero attached hydrogens (tertiary/aromatic N) is 8. The molecule has 2 unspecified atom stereocenters. The summed E-state index contributed by atoms with van der Waals surface area (Å²) in [6, 6.07) is 1.86. The molecule has 1 N–H and O–H groups in total. The molecule has 6 rings (SSSR count). The minimum absolute atomic E-state index is 0.301. The molecule has 0 bridgehead atoms. The zero-order valence-corrected chi connectivity index (χ0v) is 18.9. The Kier molecular flexibility index (Phi) is 5.39. The number of piperidine rings is 1. The maximum absolute atomic E-state index is 13.2. The second-order valence-corrected chi connectivity index (χ2v) is 9.27. The molecule has 0 radical (unpaired) electrons. The van der Waals surface area contributed by atoms with E-state index in [2.05, 4.69) is 34.9 Å². The predicted octanol–water partition coefficient (Wildman–Crippen LogP) is 3.24. The van der Waals surface area contributed by atoms with Gasteiger partial charge in [-0.1, -0.05) is 0 Å². The van der Waals surface area contributed by atoms with Crippen molar-refractivity contribution >= 4 is 11.5 Å². The molecule has 12 heteroatoms. The predicted molar refractivity (Wildman–Crippen MR) is 122 cm³/mol. The molecule has 0 aliphatic carbocycles. The lowest BCUT2D eigenvalue weighted by atomic mass is 9.85. The fourth-order valence-electron chi connectivity index (χ4n) is 5.03. The average Bonchev–Trinajstić information content (AvgIpc) is 3.51. The molecule has 4 aromatic rings. The van der Waals surface area contributed by atoms with Gasteiger partial charge in [0, 0.05) is 44.1 Å². The molecule has 2 aliphatic rings. The molecule has 2 fully saturated rings. The Bertz CT molecular complexity index is 1310.